The van der Waals surface area contributed by atoms with Gasteiger partial charge in [0.25, 0.3) is 0 Å². The summed E-state index contributed by atoms with van der Waals surface area (Å²) in [6.07, 6.45) is 0. The number of carbonyl (C=O) groups is 1. The topological polar surface area (TPSA) is 74.3 Å². The number of hydrogen-bond donors (Lipinski definition) is 2. The van der Waals surface area contributed by atoms with E-state index in [0.29, 0.717) is 12.3 Å². The summed E-state index contributed by atoms with van der Waals surface area (Å²) >= 11 is 0. The Morgan fingerprint density at radius 1 is 1.10 bits per heavy atom. The molecule has 2 aromatic rings. The Morgan fingerprint density at radius 2 is 1.83 bits per heavy atom. The lowest BCUT2D eigenvalue weighted by atomic mass is 10.1. The van der Waals surface area contributed by atoms with E-state index in [9.17, 15) is 9.90 Å². The summed E-state index contributed by atoms with van der Waals surface area (Å²) in [6, 6.07) is 12.7. The SMILES string of the molecule is COc1ccc(OC)c([C@@H](C)NC(=O)CN2CCN(c3ccccc3O)CC2)c1. The van der Waals surface area contributed by atoms with Gasteiger partial charge in [-0.25, -0.2) is 0 Å². The van der Waals surface area contributed by atoms with Crippen LogP contribution < -0.4 is 19.7 Å². The number of anilines is 1. The minimum Gasteiger partial charge on any atom is -0.506 e. The van der Waals surface area contributed by atoms with Crippen molar-refractivity contribution in [2.45, 2.75) is 13.0 Å². The van der Waals surface area contributed by atoms with Gasteiger partial charge in [0.15, 0.2) is 0 Å². The second kappa shape index (κ2) is 9.52. The van der Waals surface area contributed by atoms with Crippen LogP contribution in [-0.4, -0.2) is 62.9 Å². The predicted molar refractivity (Wildman–Crippen MR) is 113 cm³/mol. The number of phenolic OH excluding ortho intramolecular Hbond substituents is 1. The molecule has 156 valence electrons. The molecule has 0 bridgehead atoms. The first-order valence-corrected chi connectivity index (χ1v) is 9.78. The lowest BCUT2D eigenvalue weighted by Crippen LogP contribution is -2.49. The lowest BCUT2D eigenvalue weighted by Gasteiger charge is -2.36. The Balaban J connectivity index is 1.53. The van der Waals surface area contributed by atoms with Gasteiger partial charge in [-0.15, -0.1) is 0 Å². The third kappa shape index (κ3) is 5.12. The number of aromatic hydroxyl groups is 1. The summed E-state index contributed by atoms with van der Waals surface area (Å²) in [5.74, 6) is 1.70. The van der Waals surface area contributed by atoms with Crippen molar-refractivity contribution in [3.63, 3.8) is 0 Å². The quantitative estimate of drug-likeness (QED) is 0.745. The van der Waals surface area contributed by atoms with Gasteiger partial charge in [0.05, 0.1) is 32.5 Å². The molecule has 7 nitrogen and oxygen atoms in total. The highest BCUT2D eigenvalue weighted by Gasteiger charge is 2.22. The first-order chi connectivity index (χ1) is 14.0. The molecule has 0 saturated carbocycles. The zero-order valence-electron chi connectivity index (χ0n) is 17.2. The number of nitrogens with one attached hydrogen (secondary N) is 1. The molecule has 2 aromatic carbocycles. The molecule has 1 saturated heterocycles. The molecule has 3 rings (SSSR count). The number of para-hydroxylation sites is 2. The first-order valence-electron chi connectivity index (χ1n) is 9.78. The van der Waals surface area contributed by atoms with Crippen molar-refractivity contribution in [1.82, 2.24) is 10.2 Å². The second-order valence-corrected chi connectivity index (χ2v) is 7.15. The summed E-state index contributed by atoms with van der Waals surface area (Å²) in [5, 5.41) is 13.1. The fourth-order valence-corrected chi connectivity index (χ4v) is 3.62. The molecular weight excluding hydrogens is 370 g/mol. The summed E-state index contributed by atoms with van der Waals surface area (Å²) in [4.78, 5) is 16.8. The van der Waals surface area contributed by atoms with Crippen molar-refractivity contribution < 1.29 is 19.4 Å². The van der Waals surface area contributed by atoms with Gasteiger partial charge in [-0.05, 0) is 37.3 Å². The molecule has 1 amide bonds. The van der Waals surface area contributed by atoms with Crippen LogP contribution >= 0.6 is 0 Å². The van der Waals surface area contributed by atoms with Gasteiger partial charge in [0.1, 0.15) is 17.2 Å². The fraction of sp³-hybridized carbons (Fsp3) is 0.409. The van der Waals surface area contributed by atoms with E-state index in [4.69, 9.17) is 9.47 Å². The second-order valence-electron chi connectivity index (χ2n) is 7.15. The van der Waals surface area contributed by atoms with E-state index >= 15 is 0 Å². The number of nitrogens with zero attached hydrogens (tertiary/aromatic N) is 2. The third-order valence-corrected chi connectivity index (χ3v) is 5.24. The standard InChI is InChI=1S/C22H29N3O4/c1-16(18-14-17(28-2)8-9-21(18)29-3)23-22(27)15-24-10-12-25(13-11-24)19-6-4-5-7-20(19)26/h4-9,14,16,26H,10-13,15H2,1-3H3,(H,23,27)/t16-/m1/s1. The summed E-state index contributed by atoms with van der Waals surface area (Å²) < 4.78 is 10.7. The van der Waals surface area contributed by atoms with Gasteiger partial charge in [0.2, 0.25) is 5.91 Å². The van der Waals surface area contributed by atoms with Crippen LogP contribution in [0.1, 0.15) is 18.5 Å². The fourth-order valence-electron chi connectivity index (χ4n) is 3.62. The zero-order valence-corrected chi connectivity index (χ0v) is 17.2. The van der Waals surface area contributed by atoms with E-state index in [2.05, 4.69) is 15.1 Å². The van der Waals surface area contributed by atoms with Crippen LogP contribution in [0.5, 0.6) is 17.2 Å². The van der Waals surface area contributed by atoms with E-state index in [1.54, 1.807) is 20.3 Å². The number of rotatable bonds is 7. The molecule has 0 spiro atoms. The smallest absolute Gasteiger partial charge is 0.234 e. The van der Waals surface area contributed by atoms with Crippen LogP contribution in [0.2, 0.25) is 0 Å². The molecular formula is C22H29N3O4. The highest BCUT2D eigenvalue weighted by molar-refractivity contribution is 5.78. The van der Waals surface area contributed by atoms with E-state index < -0.39 is 0 Å². The average Bonchev–Trinajstić information content (AvgIpc) is 2.74. The summed E-state index contributed by atoms with van der Waals surface area (Å²) in [7, 11) is 3.23. The van der Waals surface area contributed by atoms with Gasteiger partial charge >= 0.3 is 0 Å². The minimum atomic E-state index is -0.199. The Labute approximate surface area is 171 Å². The molecule has 7 heteroatoms. The van der Waals surface area contributed by atoms with Crippen LogP contribution in [-0.2, 0) is 4.79 Å². The van der Waals surface area contributed by atoms with E-state index in [0.717, 1.165) is 48.9 Å². The number of piperazine rings is 1. The van der Waals surface area contributed by atoms with E-state index in [1.165, 1.54) is 0 Å². The molecule has 0 unspecified atom stereocenters. The van der Waals surface area contributed by atoms with E-state index in [1.807, 2.05) is 43.3 Å². The molecule has 1 aliphatic heterocycles. The van der Waals surface area contributed by atoms with Gasteiger partial charge in [-0.1, -0.05) is 12.1 Å². The number of methoxy groups -OCH3 is 2. The van der Waals surface area contributed by atoms with Crippen molar-refractivity contribution in [3.05, 3.63) is 48.0 Å². The maximum atomic E-state index is 12.6. The normalized spacial score (nSPS) is 15.6. The number of phenols is 1. The molecule has 1 heterocycles. The van der Waals surface area contributed by atoms with Crippen LogP contribution in [0.25, 0.3) is 0 Å². The Hall–Kier alpha value is -2.93. The average molecular weight is 399 g/mol. The summed E-state index contributed by atoms with van der Waals surface area (Å²) in [6.45, 7) is 5.34. The number of ether oxygens (including phenoxy) is 2. The van der Waals surface area contributed by atoms with Crippen molar-refractivity contribution in [2.24, 2.45) is 0 Å². The van der Waals surface area contributed by atoms with Crippen LogP contribution in [0.3, 0.4) is 0 Å². The molecule has 0 aromatic heterocycles. The predicted octanol–water partition coefficient (Wildman–Crippen LogP) is 2.41. The monoisotopic (exact) mass is 399 g/mol. The van der Waals surface area contributed by atoms with Gasteiger partial charge in [0, 0.05) is 31.7 Å². The molecule has 1 fully saturated rings. The summed E-state index contributed by atoms with van der Waals surface area (Å²) in [5.41, 5.74) is 1.72. The van der Waals surface area contributed by atoms with Gasteiger partial charge in [-0.2, -0.15) is 0 Å². The number of hydrogen-bond acceptors (Lipinski definition) is 6. The Morgan fingerprint density at radius 3 is 2.48 bits per heavy atom. The zero-order chi connectivity index (χ0) is 20.8. The number of amides is 1. The molecule has 1 aliphatic rings. The van der Waals surface area contributed by atoms with E-state index in [-0.39, 0.29) is 11.9 Å². The molecule has 0 radical (unpaired) electrons. The molecule has 29 heavy (non-hydrogen) atoms. The van der Waals surface area contributed by atoms with Gasteiger partial charge < -0.3 is 24.8 Å². The van der Waals surface area contributed by atoms with Crippen LogP contribution in [0.4, 0.5) is 5.69 Å². The maximum absolute atomic E-state index is 12.6. The lowest BCUT2D eigenvalue weighted by molar-refractivity contribution is -0.123. The van der Waals surface area contributed by atoms with Crippen LogP contribution in [0.15, 0.2) is 42.5 Å². The minimum absolute atomic E-state index is 0.0293. The van der Waals surface area contributed by atoms with Crippen molar-refractivity contribution >= 4 is 11.6 Å². The van der Waals surface area contributed by atoms with Crippen molar-refractivity contribution in [1.29, 1.82) is 0 Å². The molecule has 2 N–H and O–H groups in total. The first kappa shape index (κ1) is 20.8. The Bertz CT molecular complexity index is 835. The van der Waals surface area contributed by atoms with Crippen molar-refractivity contribution in [2.75, 3.05) is 51.8 Å². The number of carbonyl (C=O) groups excluding carboxylic acids is 1. The number of benzene rings is 2. The van der Waals surface area contributed by atoms with Crippen LogP contribution in [0, 0.1) is 0 Å². The van der Waals surface area contributed by atoms with Gasteiger partial charge in [-0.3, -0.25) is 9.69 Å². The third-order valence-electron chi connectivity index (χ3n) is 5.24. The Kier molecular flexibility index (Phi) is 6.82. The highest BCUT2D eigenvalue weighted by Crippen LogP contribution is 2.29. The largest absolute Gasteiger partial charge is 0.506 e. The molecule has 0 aliphatic carbocycles. The van der Waals surface area contributed by atoms with Crippen molar-refractivity contribution in [3.8, 4) is 17.2 Å². The molecule has 1 atom stereocenters. The maximum Gasteiger partial charge on any atom is 0.234 e. The highest BCUT2D eigenvalue weighted by atomic mass is 16.5.